The zero-order chi connectivity index (χ0) is 16.7. The van der Waals surface area contributed by atoms with Crippen LogP contribution in [0.1, 0.15) is 12.0 Å². The number of benzene rings is 2. The summed E-state index contributed by atoms with van der Waals surface area (Å²) in [5, 5.41) is -0.223. The number of halogens is 2. The fourth-order valence-electron chi connectivity index (χ4n) is 1.87. The number of hydrogen-bond donors (Lipinski definition) is 1. The summed E-state index contributed by atoms with van der Waals surface area (Å²) < 4.78 is 45.0. The van der Waals surface area contributed by atoms with Gasteiger partial charge in [0.2, 0.25) is 10.0 Å². The van der Waals surface area contributed by atoms with Crippen LogP contribution in [0.25, 0.3) is 0 Å². The quantitative estimate of drug-likeness (QED) is 0.737. The monoisotopic (exact) mass is 357 g/mol. The van der Waals surface area contributed by atoms with Gasteiger partial charge in [-0.15, -0.1) is 0 Å². The number of nitrogens with one attached hydrogen (secondary N) is 1. The van der Waals surface area contributed by atoms with Gasteiger partial charge in [-0.3, -0.25) is 0 Å². The fourth-order valence-corrected chi connectivity index (χ4v) is 3.22. The molecule has 0 bridgehead atoms. The van der Waals surface area contributed by atoms with Crippen molar-refractivity contribution in [2.45, 2.75) is 17.9 Å². The third-order valence-corrected chi connectivity index (χ3v) is 4.82. The lowest BCUT2D eigenvalue weighted by atomic mass is 10.2. The van der Waals surface area contributed by atoms with Crippen molar-refractivity contribution >= 4 is 21.6 Å². The van der Waals surface area contributed by atoms with Crippen molar-refractivity contribution in [3.05, 3.63) is 64.9 Å². The Morgan fingerprint density at radius 2 is 1.87 bits per heavy atom. The molecule has 4 nitrogen and oxygen atoms in total. The molecule has 2 aromatic rings. The molecular formula is C16H17ClFNO3S. The van der Waals surface area contributed by atoms with E-state index in [9.17, 15) is 12.8 Å². The second kappa shape index (κ2) is 8.40. The van der Waals surface area contributed by atoms with Crippen LogP contribution in [0.5, 0.6) is 0 Å². The molecule has 0 amide bonds. The van der Waals surface area contributed by atoms with Gasteiger partial charge in [0.15, 0.2) is 0 Å². The summed E-state index contributed by atoms with van der Waals surface area (Å²) in [6.45, 7) is 1.15. The fraction of sp³-hybridized carbons (Fsp3) is 0.250. The van der Waals surface area contributed by atoms with Crippen molar-refractivity contribution in [3.8, 4) is 0 Å². The molecule has 0 aliphatic rings. The van der Waals surface area contributed by atoms with E-state index in [1.54, 1.807) is 0 Å². The molecule has 0 heterocycles. The summed E-state index contributed by atoms with van der Waals surface area (Å²) in [6.07, 6.45) is 0.529. The van der Waals surface area contributed by atoms with Gasteiger partial charge in [0.25, 0.3) is 0 Å². The van der Waals surface area contributed by atoms with Crippen molar-refractivity contribution in [1.82, 2.24) is 4.72 Å². The lowest BCUT2D eigenvalue weighted by Gasteiger charge is -2.08. The minimum atomic E-state index is -3.70. The van der Waals surface area contributed by atoms with Crippen LogP contribution in [0.2, 0.25) is 5.02 Å². The van der Waals surface area contributed by atoms with Crippen LogP contribution in [0.3, 0.4) is 0 Å². The maximum atomic E-state index is 13.1. The van der Waals surface area contributed by atoms with Gasteiger partial charge in [0, 0.05) is 13.2 Å². The van der Waals surface area contributed by atoms with E-state index in [-0.39, 0.29) is 16.5 Å². The summed E-state index contributed by atoms with van der Waals surface area (Å²) in [5.41, 5.74) is 1.06. The van der Waals surface area contributed by atoms with Gasteiger partial charge in [0.1, 0.15) is 5.82 Å². The van der Waals surface area contributed by atoms with Crippen LogP contribution in [-0.2, 0) is 21.4 Å². The average molecular weight is 358 g/mol. The van der Waals surface area contributed by atoms with Crippen LogP contribution < -0.4 is 4.72 Å². The highest BCUT2D eigenvalue weighted by Gasteiger charge is 2.15. The van der Waals surface area contributed by atoms with Crippen LogP contribution in [0.4, 0.5) is 4.39 Å². The number of rotatable bonds is 8. The first kappa shape index (κ1) is 17.9. The largest absolute Gasteiger partial charge is 0.377 e. The Kier molecular flexibility index (Phi) is 6.53. The summed E-state index contributed by atoms with van der Waals surface area (Å²) in [5.74, 6) is -0.653. The Bertz CT molecular complexity index is 738. The van der Waals surface area contributed by atoms with Gasteiger partial charge in [-0.05, 0) is 30.2 Å². The lowest BCUT2D eigenvalue weighted by molar-refractivity contribution is 0.119. The Labute approximate surface area is 140 Å². The molecular weight excluding hydrogens is 341 g/mol. The Hall–Kier alpha value is -1.47. The van der Waals surface area contributed by atoms with Crippen molar-refractivity contribution < 1.29 is 17.5 Å². The highest BCUT2D eigenvalue weighted by molar-refractivity contribution is 7.89. The summed E-state index contributed by atoms with van der Waals surface area (Å²) >= 11 is 5.59. The van der Waals surface area contributed by atoms with Crippen molar-refractivity contribution in [3.63, 3.8) is 0 Å². The highest BCUT2D eigenvalue weighted by atomic mass is 35.5. The maximum absolute atomic E-state index is 13.1. The Morgan fingerprint density at radius 3 is 2.57 bits per heavy atom. The molecule has 23 heavy (non-hydrogen) atoms. The third kappa shape index (κ3) is 5.58. The molecule has 2 rings (SSSR count). The van der Waals surface area contributed by atoms with E-state index in [4.69, 9.17) is 16.3 Å². The molecule has 0 unspecified atom stereocenters. The minimum Gasteiger partial charge on any atom is -0.377 e. The van der Waals surface area contributed by atoms with Gasteiger partial charge in [0.05, 0.1) is 16.5 Å². The van der Waals surface area contributed by atoms with Gasteiger partial charge in [-0.25, -0.2) is 17.5 Å². The van der Waals surface area contributed by atoms with E-state index < -0.39 is 15.8 Å². The van der Waals surface area contributed by atoms with Crippen LogP contribution in [0.15, 0.2) is 53.4 Å². The van der Waals surface area contributed by atoms with Gasteiger partial charge < -0.3 is 4.74 Å². The third-order valence-electron chi connectivity index (χ3n) is 3.07. The molecule has 7 heteroatoms. The number of hydrogen-bond acceptors (Lipinski definition) is 3. The first-order chi connectivity index (χ1) is 11.0. The normalized spacial score (nSPS) is 11.6. The van der Waals surface area contributed by atoms with E-state index >= 15 is 0 Å². The first-order valence-electron chi connectivity index (χ1n) is 7.05. The van der Waals surface area contributed by atoms with Gasteiger partial charge in [-0.2, -0.15) is 0 Å². The smallest absolute Gasteiger partial charge is 0.240 e. The SMILES string of the molecule is O=S(=O)(NCCCOCc1ccccc1)c1ccc(F)c(Cl)c1. The lowest BCUT2D eigenvalue weighted by Crippen LogP contribution is -2.25. The van der Waals surface area contributed by atoms with Gasteiger partial charge >= 0.3 is 0 Å². The molecule has 0 radical (unpaired) electrons. The van der Waals surface area contributed by atoms with E-state index in [0.717, 1.165) is 17.7 Å². The van der Waals surface area contributed by atoms with E-state index in [1.165, 1.54) is 6.07 Å². The molecule has 0 spiro atoms. The number of ether oxygens (including phenoxy) is 1. The molecule has 124 valence electrons. The minimum absolute atomic E-state index is 0.0610. The maximum Gasteiger partial charge on any atom is 0.240 e. The van der Waals surface area contributed by atoms with Crippen LogP contribution >= 0.6 is 11.6 Å². The van der Waals surface area contributed by atoms with Crippen LogP contribution in [-0.4, -0.2) is 21.6 Å². The predicted molar refractivity (Wildman–Crippen MR) is 87.3 cm³/mol. The summed E-state index contributed by atoms with van der Waals surface area (Å²) in [7, 11) is -3.70. The molecule has 1 N–H and O–H groups in total. The molecule has 0 saturated heterocycles. The first-order valence-corrected chi connectivity index (χ1v) is 8.91. The molecule has 2 aromatic carbocycles. The van der Waals surface area contributed by atoms with E-state index in [1.807, 2.05) is 30.3 Å². The van der Waals surface area contributed by atoms with Crippen LogP contribution in [0, 0.1) is 5.82 Å². The van der Waals surface area contributed by atoms with Crippen molar-refractivity contribution in [1.29, 1.82) is 0 Å². The Morgan fingerprint density at radius 1 is 1.13 bits per heavy atom. The predicted octanol–water partition coefficient (Wildman–Crippen LogP) is 3.36. The molecule has 0 aliphatic heterocycles. The zero-order valence-corrected chi connectivity index (χ0v) is 13.9. The highest BCUT2D eigenvalue weighted by Crippen LogP contribution is 2.19. The number of sulfonamides is 1. The van der Waals surface area contributed by atoms with E-state index in [0.29, 0.717) is 19.6 Å². The zero-order valence-electron chi connectivity index (χ0n) is 12.3. The second-order valence-corrected chi connectivity index (χ2v) is 7.04. The van der Waals surface area contributed by atoms with E-state index in [2.05, 4.69) is 4.72 Å². The topological polar surface area (TPSA) is 55.4 Å². The summed E-state index contributed by atoms with van der Waals surface area (Å²) in [6, 6.07) is 13.0. The standard InChI is InChI=1S/C16H17ClFNO3S/c17-15-11-14(7-8-16(15)18)23(20,21)19-9-4-10-22-12-13-5-2-1-3-6-13/h1-3,5-8,11,19H,4,9-10,12H2. The second-order valence-electron chi connectivity index (χ2n) is 4.87. The average Bonchev–Trinajstić information content (AvgIpc) is 2.54. The van der Waals surface area contributed by atoms with Crippen molar-refractivity contribution in [2.75, 3.05) is 13.2 Å². The molecule has 0 aliphatic carbocycles. The molecule has 0 aromatic heterocycles. The molecule has 0 fully saturated rings. The summed E-state index contributed by atoms with van der Waals surface area (Å²) in [4.78, 5) is -0.0610. The van der Waals surface area contributed by atoms with Crippen molar-refractivity contribution in [2.24, 2.45) is 0 Å². The molecule has 0 saturated carbocycles. The molecule has 0 atom stereocenters. The van der Waals surface area contributed by atoms with Gasteiger partial charge in [-0.1, -0.05) is 41.9 Å². The Balaban J connectivity index is 1.73.